The first kappa shape index (κ1) is 31.5. The van der Waals surface area contributed by atoms with Crippen LogP contribution in [0.4, 0.5) is 27.8 Å². The fourth-order valence-electron chi connectivity index (χ4n) is 5.93. The number of piperazine rings is 1. The number of pyridine rings is 2. The van der Waals surface area contributed by atoms with Crippen LogP contribution in [0, 0.1) is 11.3 Å². The van der Waals surface area contributed by atoms with Crippen LogP contribution >= 0.6 is 0 Å². The Morgan fingerprint density at radius 3 is 2.53 bits per heavy atom. The number of aromatic nitrogens is 2. The second-order valence-corrected chi connectivity index (χ2v) is 11.7. The minimum atomic E-state index is -0.333. The smallest absolute Gasteiger partial charge is 0.322 e. The molecule has 5 rings (SSSR count). The molecule has 1 saturated heterocycles. The minimum Gasteiger partial charge on any atom is -0.367 e. The van der Waals surface area contributed by atoms with Gasteiger partial charge in [0.25, 0.3) is 0 Å². The fourth-order valence-corrected chi connectivity index (χ4v) is 5.93. The molecule has 1 aromatic carbocycles. The third kappa shape index (κ3) is 7.96. The zero-order valence-electron chi connectivity index (χ0n) is 25.9. The first-order chi connectivity index (χ1) is 21.8. The van der Waals surface area contributed by atoms with Gasteiger partial charge in [0.2, 0.25) is 5.91 Å². The average molecular weight is 608 g/mol. The van der Waals surface area contributed by atoms with E-state index < -0.39 is 0 Å². The highest BCUT2D eigenvalue weighted by Crippen LogP contribution is 2.34. The van der Waals surface area contributed by atoms with Gasteiger partial charge >= 0.3 is 6.03 Å². The van der Waals surface area contributed by atoms with Gasteiger partial charge in [0.1, 0.15) is 11.9 Å². The number of carbonyl (C=O) groups is 2. The molecule has 1 aliphatic carbocycles. The van der Waals surface area contributed by atoms with Gasteiger partial charge in [-0.15, -0.1) is 0 Å². The Kier molecular flexibility index (Phi) is 10.3. The summed E-state index contributed by atoms with van der Waals surface area (Å²) >= 11 is 0. The van der Waals surface area contributed by atoms with E-state index in [1.165, 1.54) is 6.08 Å². The Morgan fingerprint density at radius 2 is 1.87 bits per heavy atom. The summed E-state index contributed by atoms with van der Waals surface area (Å²) < 4.78 is 0. The van der Waals surface area contributed by atoms with E-state index in [-0.39, 0.29) is 24.0 Å². The average Bonchev–Trinajstić information content (AvgIpc) is 3.07. The molecule has 3 heterocycles. The van der Waals surface area contributed by atoms with E-state index in [1.54, 1.807) is 23.4 Å². The summed E-state index contributed by atoms with van der Waals surface area (Å²) in [5.41, 5.74) is 2.70. The number of nitriles is 1. The van der Waals surface area contributed by atoms with Crippen molar-refractivity contribution in [3.05, 3.63) is 84.7 Å². The monoisotopic (exact) mass is 607 g/mol. The number of likely N-dealkylation sites (N-methyl/N-ethyl adjacent to an activating group) is 1. The molecule has 45 heavy (non-hydrogen) atoms. The van der Waals surface area contributed by atoms with Crippen LogP contribution in [0.25, 0.3) is 0 Å². The third-order valence-corrected chi connectivity index (χ3v) is 8.64. The Labute approximate surface area is 264 Å². The number of hydrogen-bond acceptors (Lipinski definition) is 8. The molecule has 3 amide bonds. The zero-order valence-corrected chi connectivity index (χ0v) is 25.9. The number of nitrogens with zero attached hydrogens (tertiary/aromatic N) is 6. The van der Waals surface area contributed by atoms with Crippen molar-refractivity contribution in [2.45, 2.75) is 57.3 Å². The van der Waals surface area contributed by atoms with E-state index in [0.29, 0.717) is 35.3 Å². The van der Waals surface area contributed by atoms with Crippen LogP contribution in [0.5, 0.6) is 0 Å². The van der Waals surface area contributed by atoms with Crippen LogP contribution in [0.3, 0.4) is 0 Å². The molecule has 1 aliphatic heterocycles. The molecule has 11 nitrogen and oxygen atoms in total. The van der Waals surface area contributed by atoms with Crippen molar-refractivity contribution in [1.82, 2.24) is 20.2 Å². The molecule has 234 valence electrons. The van der Waals surface area contributed by atoms with E-state index in [1.807, 2.05) is 42.5 Å². The SMILES string of the molecule is C=CC(=O)Nc1cc(N(C(=O)NCc2ccccc2)C2CCC(Nc3ccc(C#N)cn3)CC2)cnc1N1CCN(C)C(C)C1. The number of anilines is 4. The van der Waals surface area contributed by atoms with Crippen molar-refractivity contribution in [2.24, 2.45) is 0 Å². The highest BCUT2D eigenvalue weighted by atomic mass is 16.2. The second-order valence-electron chi connectivity index (χ2n) is 11.7. The molecule has 0 bridgehead atoms. The van der Waals surface area contributed by atoms with Crippen molar-refractivity contribution < 1.29 is 9.59 Å². The lowest BCUT2D eigenvalue weighted by Gasteiger charge is -2.40. The predicted molar refractivity (Wildman–Crippen MR) is 177 cm³/mol. The maximum absolute atomic E-state index is 13.9. The number of amides is 3. The molecule has 1 saturated carbocycles. The number of urea groups is 1. The molecule has 1 unspecified atom stereocenters. The van der Waals surface area contributed by atoms with E-state index in [4.69, 9.17) is 10.2 Å². The van der Waals surface area contributed by atoms with Gasteiger partial charge in [-0.2, -0.15) is 5.26 Å². The van der Waals surface area contributed by atoms with Crippen LogP contribution < -0.4 is 25.8 Å². The summed E-state index contributed by atoms with van der Waals surface area (Å²) in [5.74, 6) is 1.08. The van der Waals surface area contributed by atoms with Crippen molar-refractivity contribution in [3.63, 3.8) is 0 Å². The van der Waals surface area contributed by atoms with Crippen LogP contribution in [-0.2, 0) is 11.3 Å². The number of carbonyl (C=O) groups excluding carboxylic acids is 2. The summed E-state index contributed by atoms with van der Waals surface area (Å²) in [7, 11) is 2.11. The standard InChI is InChI=1S/C34H41N9O2/c1-4-32(44)40-30-18-29(22-37-33(30)42-17-16-41(3)24(2)23-42)43(34(45)38-20-25-8-6-5-7-9-25)28-13-11-27(12-14-28)39-31-15-10-26(19-35)21-36-31/h4-10,15,18,21-22,24,27-28H,1,11-14,16-17,20,23H2,2-3H3,(H,36,39)(H,38,45)(H,40,44). The number of rotatable bonds is 9. The molecular formula is C34H41N9O2. The molecule has 2 fully saturated rings. The summed E-state index contributed by atoms with van der Waals surface area (Å²) in [6.45, 7) is 8.61. The van der Waals surface area contributed by atoms with Crippen LogP contribution in [0.15, 0.2) is 73.6 Å². The Bertz CT molecular complexity index is 1510. The van der Waals surface area contributed by atoms with Crippen molar-refractivity contribution in [2.75, 3.05) is 47.1 Å². The van der Waals surface area contributed by atoms with Crippen molar-refractivity contribution in [3.8, 4) is 6.07 Å². The largest absolute Gasteiger partial charge is 0.367 e. The van der Waals surface area contributed by atoms with E-state index in [2.05, 4.69) is 57.4 Å². The molecule has 3 N–H and O–H groups in total. The van der Waals surface area contributed by atoms with Crippen molar-refractivity contribution in [1.29, 1.82) is 5.26 Å². The van der Waals surface area contributed by atoms with Crippen LogP contribution in [0.1, 0.15) is 43.7 Å². The van der Waals surface area contributed by atoms with Gasteiger partial charge in [0.05, 0.1) is 23.1 Å². The summed E-state index contributed by atoms with van der Waals surface area (Å²) in [4.78, 5) is 41.9. The number of hydrogen-bond donors (Lipinski definition) is 3. The Balaban J connectivity index is 1.39. The first-order valence-corrected chi connectivity index (χ1v) is 15.5. The lowest BCUT2D eigenvalue weighted by atomic mass is 9.90. The topological polar surface area (TPSA) is 130 Å². The maximum Gasteiger partial charge on any atom is 0.322 e. The van der Waals surface area contributed by atoms with E-state index in [0.717, 1.165) is 56.7 Å². The van der Waals surface area contributed by atoms with Crippen molar-refractivity contribution >= 4 is 34.9 Å². The predicted octanol–water partition coefficient (Wildman–Crippen LogP) is 4.75. The molecule has 1 atom stereocenters. The van der Waals surface area contributed by atoms with E-state index >= 15 is 0 Å². The molecule has 2 aliphatic rings. The van der Waals surface area contributed by atoms with Gasteiger partial charge in [0.15, 0.2) is 5.82 Å². The Hall–Kier alpha value is -4.95. The highest BCUT2D eigenvalue weighted by Gasteiger charge is 2.32. The first-order valence-electron chi connectivity index (χ1n) is 15.5. The molecule has 11 heteroatoms. The quantitative estimate of drug-likeness (QED) is 0.297. The molecule has 0 radical (unpaired) electrons. The minimum absolute atomic E-state index is 0.0768. The fraction of sp³-hybridized carbons (Fsp3) is 0.382. The zero-order chi connectivity index (χ0) is 31.8. The maximum atomic E-state index is 13.9. The normalized spacial score (nSPS) is 20.0. The molecule has 0 spiro atoms. The number of nitrogens with one attached hydrogen (secondary N) is 3. The molecular weight excluding hydrogens is 566 g/mol. The molecule has 2 aromatic heterocycles. The lowest BCUT2D eigenvalue weighted by Crippen LogP contribution is -2.50. The summed E-state index contributed by atoms with van der Waals surface area (Å²) in [5, 5.41) is 18.6. The number of benzene rings is 1. The lowest BCUT2D eigenvalue weighted by molar-refractivity contribution is -0.111. The highest BCUT2D eigenvalue weighted by molar-refractivity contribution is 6.02. The van der Waals surface area contributed by atoms with E-state index in [9.17, 15) is 9.59 Å². The van der Waals surface area contributed by atoms with Gasteiger partial charge in [-0.05, 0) is 69.5 Å². The third-order valence-electron chi connectivity index (χ3n) is 8.64. The van der Waals surface area contributed by atoms with Gasteiger partial charge < -0.3 is 25.8 Å². The Morgan fingerprint density at radius 1 is 1.09 bits per heavy atom. The van der Waals surface area contributed by atoms with Gasteiger partial charge in [0, 0.05) is 50.5 Å². The molecule has 3 aromatic rings. The summed E-state index contributed by atoms with van der Waals surface area (Å²) in [6, 6.07) is 17.6. The van der Waals surface area contributed by atoms with Crippen LogP contribution in [0.2, 0.25) is 0 Å². The second kappa shape index (κ2) is 14.7. The van der Waals surface area contributed by atoms with Gasteiger partial charge in [-0.25, -0.2) is 14.8 Å². The van der Waals surface area contributed by atoms with Gasteiger partial charge in [-0.1, -0.05) is 36.9 Å². The van der Waals surface area contributed by atoms with Gasteiger partial charge in [-0.3, -0.25) is 9.69 Å². The van der Waals surface area contributed by atoms with Crippen LogP contribution in [-0.4, -0.2) is 71.6 Å². The summed E-state index contributed by atoms with van der Waals surface area (Å²) in [6.07, 6.45) is 7.74.